The van der Waals surface area contributed by atoms with Crippen molar-refractivity contribution in [3.05, 3.63) is 0 Å². The van der Waals surface area contributed by atoms with E-state index in [9.17, 15) is 24.0 Å². The van der Waals surface area contributed by atoms with E-state index in [2.05, 4.69) is 4.74 Å². The summed E-state index contributed by atoms with van der Waals surface area (Å²) in [4.78, 5) is 54.2. The molecule has 0 aromatic carbocycles. The van der Waals surface area contributed by atoms with Crippen LogP contribution < -0.4 is 0 Å². The predicted molar refractivity (Wildman–Crippen MR) is 85.7 cm³/mol. The standard InChI is InChI=1S/C10H16N2O8.C4H8O2/c13-7(14)3-11(4-8(15)16)1-2-12(5-9(17)18)6-10(19)20;1-3-6-4(2)5/h1-6H2,(H,13,14)(H,15,16)(H,17,18)(H,19,20);3H2,1-2H3. The van der Waals surface area contributed by atoms with E-state index in [4.69, 9.17) is 20.4 Å². The average molecular weight is 380 g/mol. The fourth-order valence-electron chi connectivity index (χ4n) is 1.68. The monoisotopic (exact) mass is 380 g/mol. The van der Waals surface area contributed by atoms with Crippen LogP contribution in [0, 0.1) is 0 Å². The highest BCUT2D eigenvalue weighted by atomic mass is 16.5. The van der Waals surface area contributed by atoms with Crippen molar-refractivity contribution >= 4 is 29.8 Å². The lowest BCUT2D eigenvalue weighted by Gasteiger charge is -2.23. The molecule has 0 saturated heterocycles. The van der Waals surface area contributed by atoms with Gasteiger partial charge in [-0.15, -0.1) is 0 Å². The number of carbonyl (C=O) groups is 5. The molecule has 150 valence electrons. The SMILES string of the molecule is CCOC(C)=O.O=C(O)CN(CCN(CC(=O)O)CC(=O)O)CC(=O)O. The van der Waals surface area contributed by atoms with Gasteiger partial charge in [0.15, 0.2) is 0 Å². The molecule has 0 saturated carbocycles. The smallest absolute Gasteiger partial charge is 0.317 e. The van der Waals surface area contributed by atoms with Crippen molar-refractivity contribution in [1.82, 2.24) is 9.80 Å². The van der Waals surface area contributed by atoms with E-state index in [1.54, 1.807) is 6.92 Å². The Kier molecular flexibility index (Phi) is 14.3. The Morgan fingerprint density at radius 1 is 0.692 bits per heavy atom. The molecule has 0 aromatic heterocycles. The van der Waals surface area contributed by atoms with Crippen LogP contribution in [0.25, 0.3) is 0 Å². The van der Waals surface area contributed by atoms with Gasteiger partial charge < -0.3 is 25.2 Å². The lowest BCUT2D eigenvalue weighted by atomic mass is 10.4. The van der Waals surface area contributed by atoms with E-state index in [0.717, 1.165) is 9.80 Å². The van der Waals surface area contributed by atoms with Gasteiger partial charge in [-0.25, -0.2) is 0 Å². The van der Waals surface area contributed by atoms with Gasteiger partial charge in [0, 0.05) is 20.0 Å². The zero-order valence-corrected chi connectivity index (χ0v) is 14.6. The molecule has 0 aromatic rings. The maximum Gasteiger partial charge on any atom is 0.317 e. The zero-order valence-electron chi connectivity index (χ0n) is 14.6. The second kappa shape index (κ2) is 14.6. The van der Waals surface area contributed by atoms with Crippen LogP contribution >= 0.6 is 0 Å². The van der Waals surface area contributed by atoms with Gasteiger partial charge in [0.25, 0.3) is 0 Å². The van der Waals surface area contributed by atoms with Crippen LogP contribution in [0.5, 0.6) is 0 Å². The Bertz CT molecular complexity index is 426. The number of carbonyl (C=O) groups excluding carboxylic acids is 1. The molecular formula is C14H24N2O10. The number of nitrogens with zero attached hydrogens (tertiary/aromatic N) is 2. The highest BCUT2D eigenvalue weighted by Gasteiger charge is 2.17. The molecule has 0 heterocycles. The Balaban J connectivity index is 0. The van der Waals surface area contributed by atoms with Crippen molar-refractivity contribution in [1.29, 1.82) is 0 Å². The zero-order chi connectivity index (χ0) is 20.7. The van der Waals surface area contributed by atoms with Gasteiger partial charge in [-0.3, -0.25) is 33.8 Å². The van der Waals surface area contributed by atoms with E-state index in [1.807, 2.05) is 0 Å². The molecule has 12 nitrogen and oxygen atoms in total. The fraction of sp³-hybridized carbons (Fsp3) is 0.643. The van der Waals surface area contributed by atoms with Crippen LogP contribution in [0.15, 0.2) is 0 Å². The molecule has 0 rings (SSSR count). The first-order valence-corrected chi connectivity index (χ1v) is 7.43. The minimum Gasteiger partial charge on any atom is -0.480 e. The van der Waals surface area contributed by atoms with E-state index in [1.165, 1.54) is 6.92 Å². The quantitative estimate of drug-likeness (QED) is 0.288. The molecule has 26 heavy (non-hydrogen) atoms. The van der Waals surface area contributed by atoms with Crippen molar-refractivity contribution in [2.45, 2.75) is 13.8 Å². The van der Waals surface area contributed by atoms with Gasteiger partial charge in [0.1, 0.15) is 0 Å². The Morgan fingerprint density at radius 2 is 0.962 bits per heavy atom. The average Bonchev–Trinajstić information content (AvgIpc) is 2.42. The van der Waals surface area contributed by atoms with Crippen LogP contribution in [0.2, 0.25) is 0 Å². The predicted octanol–water partition coefficient (Wildman–Crippen LogP) is -1.50. The fourth-order valence-corrected chi connectivity index (χ4v) is 1.68. The number of esters is 1. The van der Waals surface area contributed by atoms with E-state index in [0.29, 0.717) is 6.61 Å². The lowest BCUT2D eigenvalue weighted by Crippen LogP contribution is -2.43. The van der Waals surface area contributed by atoms with Gasteiger partial charge in [0.2, 0.25) is 0 Å². The topological polar surface area (TPSA) is 182 Å². The second-order valence-electron chi connectivity index (χ2n) is 4.92. The summed E-state index contributed by atoms with van der Waals surface area (Å²) in [6.45, 7) is 1.40. The first-order valence-electron chi connectivity index (χ1n) is 7.43. The van der Waals surface area contributed by atoms with Crippen LogP contribution in [0.4, 0.5) is 0 Å². The largest absolute Gasteiger partial charge is 0.480 e. The molecule has 0 fully saturated rings. The third-order valence-corrected chi connectivity index (χ3v) is 2.52. The molecule has 0 unspecified atom stereocenters. The first kappa shape index (κ1) is 25.5. The number of hydrogen-bond acceptors (Lipinski definition) is 8. The number of hydrogen-bond donors (Lipinski definition) is 4. The van der Waals surface area contributed by atoms with E-state index >= 15 is 0 Å². The van der Waals surface area contributed by atoms with Crippen molar-refractivity contribution in [2.24, 2.45) is 0 Å². The molecule has 0 radical (unpaired) electrons. The molecule has 0 spiro atoms. The summed E-state index contributed by atoms with van der Waals surface area (Å²) in [6, 6.07) is 0. The summed E-state index contributed by atoms with van der Waals surface area (Å²) in [5.74, 6) is -5.12. The van der Waals surface area contributed by atoms with Gasteiger partial charge in [0.05, 0.1) is 32.8 Å². The van der Waals surface area contributed by atoms with Crippen molar-refractivity contribution in [3.63, 3.8) is 0 Å². The van der Waals surface area contributed by atoms with Gasteiger partial charge >= 0.3 is 29.8 Å². The summed E-state index contributed by atoms with van der Waals surface area (Å²) in [5.41, 5.74) is 0. The molecule has 0 amide bonds. The Morgan fingerprint density at radius 3 is 1.08 bits per heavy atom. The maximum absolute atomic E-state index is 10.6. The number of carboxylic acid groups (broad SMARTS) is 4. The molecule has 0 aliphatic heterocycles. The molecule has 12 heteroatoms. The van der Waals surface area contributed by atoms with Crippen LogP contribution in [-0.4, -0.2) is 106 Å². The number of rotatable bonds is 12. The number of aliphatic carboxylic acids is 4. The van der Waals surface area contributed by atoms with Crippen molar-refractivity contribution in [3.8, 4) is 0 Å². The molecule has 0 aliphatic carbocycles. The minimum atomic E-state index is -1.23. The normalized spacial score (nSPS) is 10.0. The Hall–Kier alpha value is -2.73. The van der Waals surface area contributed by atoms with Crippen LogP contribution in [0.1, 0.15) is 13.8 Å². The van der Waals surface area contributed by atoms with E-state index in [-0.39, 0.29) is 19.1 Å². The van der Waals surface area contributed by atoms with Gasteiger partial charge in [-0.05, 0) is 6.92 Å². The van der Waals surface area contributed by atoms with Crippen molar-refractivity contribution in [2.75, 3.05) is 45.9 Å². The van der Waals surface area contributed by atoms with Gasteiger partial charge in [-0.2, -0.15) is 0 Å². The third-order valence-electron chi connectivity index (χ3n) is 2.52. The lowest BCUT2D eigenvalue weighted by molar-refractivity contribution is -0.145. The van der Waals surface area contributed by atoms with Crippen molar-refractivity contribution < 1.29 is 49.1 Å². The molecule has 4 N–H and O–H groups in total. The summed E-state index contributed by atoms with van der Waals surface area (Å²) in [6.07, 6.45) is 0. The summed E-state index contributed by atoms with van der Waals surface area (Å²) in [5, 5.41) is 34.5. The maximum atomic E-state index is 10.6. The first-order chi connectivity index (χ1) is 12.0. The molecule has 0 atom stereocenters. The molecular weight excluding hydrogens is 356 g/mol. The van der Waals surface area contributed by atoms with Crippen LogP contribution in [-0.2, 0) is 28.7 Å². The summed E-state index contributed by atoms with van der Waals surface area (Å²) in [7, 11) is 0. The molecule has 0 aliphatic rings. The third kappa shape index (κ3) is 19.3. The summed E-state index contributed by atoms with van der Waals surface area (Å²) < 4.78 is 4.40. The number of carboxylic acids is 4. The minimum absolute atomic E-state index is 0.0703. The van der Waals surface area contributed by atoms with E-state index < -0.39 is 50.1 Å². The second-order valence-corrected chi connectivity index (χ2v) is 4.92. The highest BCUT2D eigenvalue weighted by Crippen LogP contribution is 1.94. The molecule has 0 bridgehead atoms. The van der Waals surface area contributed by atoms with Gasteiger partial charge in [-0.1, -0.05) is 0 Å². The highest BCUT2D eigenvalue weighted by molar-refractivity contribution is 5.73. The Labute approximate surface area is 149 Å². The summed E-state index contributed by atoms with van der Waals surface area (Å²) >= 11 is 0. The van der Waals surface area contributed by atoms with Crippen LogP contribution in [0.3, 0.4) is 0 Å². The number of ether oxygens (including phenoxy) is 1.